The molecule has 0 aliphatic rings. The zero-order valence-corrected chi connectivity index (χ0v) is 12.0. The fraction of sp³-hybridized carbons (Fsp3) is 0. The van der Waals surface area contributed by atoms with E-state index in [9.17, 15) is 0 Å². The molecule has 0 aliphatic heterocycles. The van der Waals surface area contributed by atoms with Crippen molar-refractivity contribution in [2.45, 2.75) is 0 Å². The van der Waals surface area contributed by atoms with E-state index in [1.165, 1.54) is 32.3 Å². The van der Waals surface area contributed by atoms with E-state index in [0.29, 0.717) is 0 Å². The largest absolute Gasteiger partial charge is 0.248 e. The van der Waals surface area contributed by atoms with Gasteiger partial charge < -0.3 is 0 Å². The lowest BCUT2D eigenvalue weighted by molar-refractivity contribution is 1.52. The van der Waals surface area contributed by atoms with E-state index in [2.05, 4.69) is 78.9 Å². The van der Waals surface area contributed by atoms with Crippen LogP contribution >= 0.6 is 0 Å². The summed E-state index contributed by atoms with van der Waals surface area (Å²) in [4.78, 5) is 4.88. The Kier molecular flexibility index (Phi) is 2.28. The average Bonchev–Trinajstić information content (AvgIpc) is 2.58. The van der Waals surface area contributed by atoms with Crippen molar-refractivity contribution in [3.8, 4) is 0 Å². The summed E-state index contributed by atoms with van der Waals surface area (Å²) in [7, 11) is 0. The summed E-state index contributed by atoms with van der Waals surface area (Å²) in [6, 6.07) is 27.9. The zero-order chi connectivity index (χ0) is 14.5. The minimum absolute atomic E-state index is 1.06. The lowest BCUT2D eigenvalue weighted by Gasteiger charge is -2.07. The van der Waals surface area contributed by atoms with Gasteiger partial charge in [-0.3, -0.25) is 0 Å². The van der Waals surface area contributed by atoms with Crippen molar-refractivity contribution in [3.05, 3.63) is 78.9 Å². The number of nitrogens with zero attached hydrogens (tertiary/aromatic N) is 1. The number of rotatable bonds is 0. The Hall–Kier alpha value is -2.93. The highest BCUT2D eigenvalue weighted by Gasteiger charge is 2.05. The van der Waals surface area contributed by atoms with Gasteiger partial charge >= 0.3 is 0 Å². The van der Waals surface area contributed by atoms with Crippen molar-refractivity contribution in [2.24, 2.45) is 0 Å². The summed E-state index contributed by atoms with van der Waals surface area (Å²) in [5.74, 6) is 0. The van der Waals surface area contributed by atoms with Crippen LogP contribution in [0.1, 0.15) is 0 Å². The van der Waals surface area contributed by atoms with E-state index in [0.717, 1.165) is 11.0 Å². The third-order valence-corrected chi connectivity index (χ3v) is 4.38. The van der Waals surface area contributed by atoms with Gasteiger partial charge in [0.25, 0.3) is 0 Å². The molecule has 0 saturated heterocycles. The van der Waals surface area contributed by atoms with Crippen molar-refractivity contribution in [1.82, 2.24) is 4.98 Å². The molecule has 5 rings (SSSR count). The third-order valence-electron chi connectivity index (χ3n) is 4.38. The lowest BCUT2D eigenvalue weighted by Crippen LogP contribution is -1.85. The predicted octanol–water partition coefficient (Wildman–Crippen LogP) is 5.69. The molecule has 0 atom stereocenters. The van der Waals surface area contributed by atoms with Crippen LogP contribution in [0.2, 0.25) is 0 Å². The monoisotopic (exact) mass is 279 g/mol. The molecule has 5 aromatic rings. The number of pyridine rings is 1. The average molecular weight is 279 g/mol. The third kappa shape index (κ3) is 1.63. The molecule has 1 nitrogen and oxygen atoms in total. The Morgan fingerprint density at radius 1 is 0.455 bits per heavy atom. The second-order valence-corrected chi connectivity index (χ2v) is 5.73. The molecule has 0 amide bonds. The van der Waals surface area contributed by atoms with E-state index in [1.54, 1.807) is 0 Å². The van der Waals surface area contributed by atoms with Crippen molar-refractivity contribution in [3.63, 3.8) is 0 Å². The van der Waals surface area contributed by atoms with Crippen molar-refractivity contribution in [2.75, 3.05) is 0 Å². The molecule has 0 bridgehead atoms. The van der Waals surface area contributed by atoms with Crippen LogP contribution in [0, 0.1) is 0 Å². The molecule has 1 heteroatoms. The molecule has 0 N–H and O–H groups in total. The number of benzene rings is 4. The van der Waals surface area contributed by atoms with Crippen LogP contribution < -0.4 is 0 Å². The van der Waals surface area contributed by atoms with Gasteiger partial charge in [0.1, 0.15) is 0 Å². The molecule has 0 spiro atoms. The molecule has 22 heavy (non-hydrogen) atoms. The molecule has 1 heterocycles. The number of hydrogen-bond acceptors (Lipinski definition) is 1. The first-order valence-corrected chi connectivity index (χ1v) is 7.49. The zero-order valence-electron chi connectivity index (χ0n) is 12.0. The Morgan fingerprint density at radius 3 is 2.05 bits per heavy atom. The quantitative estimate of drug-likeness (QED) is 0.262. The number of hydrogen-bond donors (Lipinski definition) is 0. The number of aromatic nitrogens is 1. The summed E-state index contributed by atoms with van der Waals surface area (Å²) in [6.07, 6.45) is 0. The fourth-order valence-corrected chi connectivity index (χ4v) is 3.28. The van der Waals surface area contributed by atoms with Gasteiger partial charge in [-0.1, -0.05) is 54.6 Å². The second kappa shape index (κ2) is 4.28. The summed E-state index contributed by atoms with van der Waals surface area (Å²) in [5, 5.41) is 7.45. The van der Waals surface area contributed by atoms with Crippen molar-refractivity contribution in [1.29, 1.82) is 0 Å². The lowest BCUT2D eigenvalue weighted by atomic mass is 10.0. The molecule has 0 radical (unpaired) electrons. The van der Waals surface area contributed by atoms with Gasteiger partial charge in [-0.15, -0.1) is 0 Å². The topological polar surface area (TPSA) is 12.9 Å². The van der Waals surface area contributed by atoms with E-state index in [4.69, 9.17) is 4.98 Å². The highest BCUT2D eigenvalue weighted by atomic mass is 14.7. The van der Waals surface area contributed by atoms with Crippen LogP contribution in [0.4, 0.5) is 0 Å². The minimum atomic E-state index is 1.06. The van der Waals surface area contributed by atoms with Gasteiger partial charge in [-0.05, 0) is 45.8 Å². The van der Waals surface area contributed by atoms with Gasteiger partial charge in [-0.25, -0.2) is 4.98 Å². The molecule has 0 aliphatic carbocycles. The highest BCUT2D eigenvalue weighted by Crippen LogP contribution is 2.29. The molecule has 0 saturated carbocycles. The molecule has 0 fully saturated rings. The maximum Gasteiger partial charge on any atom is 0.0716 e. The van der Waals surface area contributed by atoms with E-state index < -0.39 is 0 Å². The first-order chi connectivity index (χ1) is 10.9. The van der Waals surface area contributed by atoms with Crippen LogP contribution in [0.25, 0.3) is 43.4 Å². The summed E-state index contributed by atoms with van der Waals surface area (Å²) in [5.41, 5.74) is 2.11. The maximum absolute atomic E-state index is 4.88. The van der Waals surface area contributed by atoms with Crippen LogP contribution in [-0.2, 0) is 0 Å². The smallest absolute Gasteiger partial charge is 0.0716 e. The van der Waals surface area contributed by atoms with Crippen LogP contribution in [0.3, 0.4) is 0 Å². The van der Waals surface area contributed by atoms with Gasteiger partial charge in [0.15, 0.2) is 0 Å². The van der Waals surface area contributed by atoms with Crippen molar-refractivity contribution >= 4 is 43.4 Å². The fourth-order valence-electron chi connectivity index (χ4n) is 3.28. The first-order valence-electron chi connectivity index (χ1n) is 7.49. The highest BCUT2D eigenvalue weighted by molar-refractivity contribution is 6.10. The molecule has 0 unspecified atom stereocenters. The molecule has 4 aromatic carbocycles. The van der Waals surface area contributed by atoms with E-state index >= 15 is 0 Å². The SMILES string of the molecule is c1ccc2cc3nc4ccc5ccccc5c4cc3cc2c1. The molecule has 102 valence electrons. The Labute approximate surface area is 127 Å². The van der Waals surface area contributed by atoms with Gasteiger partial charge in [0, 0.05) is 10.8 Å². The molecular weight excluding hydrogens is 266 g/mol. The molecular formula is C21H13N. The molecule has 1 aromatic heterocycles. The van der Waals surface area contributed by atoms with E-state index in [1.807, 2.05) is 0 Å². The van der Waals surface area contributed by atoms with Crippen LogP contribution in [-0.4, -0.2) is 4.98 Å². The predicted molar refractivity (Wildman–Crippen MR) is 94.3 cm³/mol. The first kappa shape index (κ1) is 11.7. The Balaban J connectivity index is 1.98. The minimum Gasteiger partial charge on any atom is -0.248 e. The standard InChI is InChI=1S/C21H13N/c1-2-7-16-13-21-17(11-15(16)6-1)12-19-18-8-4-3-5-14(18)9-10-20(19)22-21/h1-13H. The van der Waals surface area contributed by atoms with Gasteiger partial charge in [0.05, 0.1) is 11.0 Å². The maximum atomic E-state index is 4.88. The van der Waals surface area contributed by atoms with Gasteiger partial charge in [0.2, 0.25) is 0 Å². The van der Waals surface area contributed by atoms with E-state index in [-0.39, 0.29) is 0 Å². The normalized spacial score (nSPS) is 11.6. The second-order valence-electron chi connectivity index (χ2n) is 5.73. The summed E-state index contributed by atoms with van der Waals surface area (Å²) >= 11 is 0. The number of fused-ring (bicyclic) bond motifs is 5. The van der Waals surface area contributed by atoms with Crippen LogP contribution in [0.5, 0.6) is 0 Å². The van der Waals surface area contributed by atoms with Gasteiger partial charge in [-0.2, -0.15) is 0 Å². The van der Waals surface area contributed by atoms with Crippen LogP contribution in [0.15, 0.2) is 78.9 Å². The Morgan fingerprint density at radius 2 is 1.18 bits per heavy atom. The summed E-state index contributed by atoms with van der Waals surface area (Å²) in [6.45, 7) is 0. The summed E-state index contributed by atoms with van der Waals surface area (Å²) < 4.78 is 0. The van der Waals surface area contributed by atoms with Crippen molar-refractivity contribution < 1.29 is 0 Å². The Bertz CT molecular complexity index is 1170.